The Morgan fingerprint density at radius 2 is 1.76 bits per heavy atom. The van der Waals surface area contributed by atoms with Gasteiger partial charge < -0.3 is 18.5 Å². The van der Waals surface area contributed by atoms with Gasteiger partial charge in [-0.25, -0.2) is 5.43 Å². The molecular formula is C29H29BrClN3O4. The van der Waals surface area contributed by atoms with Gasteiger partial charge in [0.2, 0.25) is 0 Å². The van der Waals surface area contributed by atoms with Crippen LogP contribution in [0.15, 0.2) is 74.7 Å². The van der Waals surface area contributed by atoms with Crippen LogP contribution in [0.2, 0.25) is 5.02 Å². The van der Waals surface area contributed by atoms with E-state index in [0.29, 0.717) is 32.3 Å². The van der Waals surface area contributed by atoms with Crippen LogP contribution in [0.1, 0.15) is 54.0 Å². The molecule has 0 saturated carbocycles. The number of nitrogens with one attached hydrogen (secondary N) is 1. The Morgan fingerprint density at radius 3 is 2.42 bits per heavy atom. The van der Waals surface area contributed by atoms with Crippen molar-refractivity contribution in [3.05, 3.63) is 98.6 Å². The molecule has 1 N–H and O–H groups in total. The molecule has 38 heavy (non-hydrogen) atoms. The first-order valence-electron chi connectivity index (χ1n) is 12.0. The second-order valence-corrected chi connectivity index (χ2v) is 11.0. The Hall–Kier alpha value is -3.49. The number of hydrogen-bond donors (Lipinski definition) is 1. The quantitative estimate of drug-likeness (QED) is 0.167. The van der Waals surface area contributed by atoms with Gasteiger partial charge in [-0.05, 0) is 111 Å². The van der Waals surface area contributed by atoms with Crippen LogP contribution in [-0.4, -0.2) is 22.3 Å². The zero-order chi connectivity index (χ0) is 27.4. The first-order valence-corrected chi connectivity index (χ1v) is 13.2. The van der Waals surface area contributed by atoms with Crippen molar-refractivity contribution in [3.8, 4) is 17.2 Å². The summed E-state index contributed by atoms with van der Waals surface area (Å²) < 4.78 is 20.4. The highest BCUT2D eigenvalue weighted by molar-refractivity contribution is 9.10. The second kappa shape index (κ2) is 11.5. The number of amides is 1. The van der Waals surface area contributed by atoms with Gasteiger partial charge in [0.25, 0.3) is 0 Å². The summed E-state index contributed by atoms with van der Waals surface area (Å²) in [4.78, 5) is 12.5. The van der Waals surface area contributed by atoms with Crippen molar-refractivity contribution in [2.45, 2.75) is 46.8 Å². The van der Waals surface area contributed by atoms with E-state index in [4.69, 9.17) is 25.5 Å². The maximum atomic E-state index is 12.5. The summed E-state index contributed by atoms with van der Waals surface area (Å²) in [6.45, 7) is 10.1. The lowest BCUT2D eigenvalue weighted by atomic mass is 10.1. The molecule has 2 aromatic heterocycles. The third-order valence-corrected chi connectivity index (χ3v) is 6.25. The fourth-order valence-electron chi connectivity index (χ4n) is 3.80. The SMILES string of the molecule is Cc1ccc(C)n1-c1ccc(OCc2ccc(C(=O)N/N=C/c3cc(Cl)cc(Br)c3OC(C)(C)C)o2)cc1. The van der Waals surface area contributed by atoms with Gasteiger partial charge in [-0.1, -0.05) is 11.6 Å². The number of aromatic nitrogens is 1. The molecular weight excluding hydrogens is 570 g/mol. The van der Waals surface area contributed by atoms with Crippen molar-refractivity contribution in [2.75, 3.05) is 0 Å². The molecule has 0 saturated heterocycles. The van der Waals surface area contributed by atoms with Crippen LogP contribution in [0, 0.1) is 13.8 Å². The molecule has 0 radical (unpaired) electrons. The maximum Gasteiger partial charge on any atom is 0.307 e. The van der Waals surface area contributed by atoms with Crippen LogP contribution >= 0.6 is 27.5 Å². The Morgan fingerprint density at radius 1 is 1.08 bits per heavy atom. The highest BCUT2D eigenvalue weighted by Gasteiger charge is 2.18. The van der Waals surface area contributed by atoms with Gasteiger partial charge in [0.05, 0.1) is 10.7 Å². The predicted molar refractivity (Wildman–Crippen MR) is 153 cm³/mol. The number of aryl methyl sites for hydroxylation is 2. The summed E-state index contributed by atoms with van der Waals surface area (Å²) in [5, 5.41) is 4.56. The maximum absolute atomic E-state index is 12.5. The summed E-state index contributed by atoms with van der Waals surface area (Å²) >= 11 is 9.66. The van der Waals surface area contributed by atoms with Gasteiger partial charge in [-0.3, -0.25) is 4.79 Å². The minimum absolute atomic E-state index is 0.119. The molecule has 2 heterocycles. The van der Waals surface area contributed by atoms with Gasteiger partial charge in [0, 0.05) is 27.7 Å². The summed E-state index contributed by atoms with van der Waals surface area (Å²) in [6, 6.07) is 18.7. The van der Waals surface area contributed by atoms with Gasteiger partial charge in [0.1, 0.15) is 29.5 Å². The largest absolute Gasteiger partial charge is 0.486 e. The van der Waals surface area contributed by atoms with E-state index in [1.165, 1.54) is 17.6 Å². The number of benzene rings is 2. The smallest absolute Gasteiger partial charge is 0.307 e. The number of hydrogen-bond acceptors (Lipinski definition) is 5. The molecule has 2 aromatic carbocycles. The predicted octanol–water partition coefficient (Wildman–Crippen LogP) is 7.62. The average Bonchev–Trinajstić information content (AvgIpc) is 3.46. The number of rotatable bonds is 8. The number of ether oxygens (including phenoxy) is 2. The lowest BCUT2D eigenvalue weighted by Crippen LogP contribution is -2.24. The van der Waals surface area contributed by atoms with Crippen LogP contribution in [-0.2, 0) is 6.61 Å². The third kappa shape index (κ3) is 6.88. The Kier molecular flexibility index (Phi) is 8.33. The molecule has 1 amide bonds. The number of furan rings is 1. The molecule has 4 aromatic rings. The molecule has 0 aliphatic heterocycles. The van der Waals surface area contributed by atoms with Crippen molar-refractivity contribution >= 4 is 39.7 Å². The molecule has 0 spiro atoms. The molecule has 0 atom stereocenters. The Bertz CT molecular complexity index is 1450. The van der Waals surface area contributed by atoms with E-state index >= 15 is 0 Å². The van der Waals surface area contributed by atoms with E-state index in [9.17, 15) is 4.79 Å². The molecule has 9 heteroatoms. The van der Waals surface area contributed by atoms with Gasteiger partial charge in [0.15, 0.2) is 5.76 Å². The average molecular weight is 599 g/mol. The standard InChI is InChI=1S/C29H29BrClN3O4/c1-18-6-7-19(2)34(18)22-8-10-23(11-9-22)36-17-24-12-13-26(37-24)28(35)33-32-16-20-14-21(31)15-25(30)27(20)38-29(3,4)5/h6-16H,17H2,1-5H3,(H,33,35)/b32-16+. The van der Waals surface area contributed by atoms with E-state index in [1.54, 1.807) is 24.3 Å². The van der Waals surface area contributed by atoms with E-state index < -0.39 is 11.5 Å². The van der Waals surface area contributed by atoms with Crippen molar-refractivity contribution < 1.29 is 18.7 Å². The third-order valence-electron chi connectivity index (χ3n) is 5.45. The minimum atomic E-state index is -0.492. The normalized spacial score (nSPS) is 11.7. The molecule has 198 valence electrons. The van der Waals surface area contributed by atoms with E-state index in [2.05, 4.69) is 57.0 Å². The first-order chi connectivity index (χ1) is 18.0. The molecule has 0 aliphatic rings. The Labute approximate surface area is 235 Å². The van der Waals surface area contributed by atoms with Gasteiger partial charge in [-0.15, -0.1) is 0 Å². The van der Waals surface area contributed by atoms with E-state index in [1.807, 2.05) is 45.0 Å². The lowest BCUT2D eigenvalue weighted by Gasteiger charge is -2.23. The molecule has 0 aliphatic carbocycles. The van der Waals surface area contributed by atoms with Crippen LogP contribution in [0.3, 0.4) is 0 Å². The zero-order valence-electron chi connectivity index (χ0n) is 21.8. The van der Waals surface area contributed by atoms with Crippen LogP contribution in [0.5, 0.6) is 11.5 Å². The lowest BCUT2D eigenvalue weighted by molar-refractivity contribution is 0.0923. The highest BCUT2D eigenvalue weighted by atomic mass is 79.9. The monoisotopic (exact) mass is 597 g/mol. The van der Waals surface area contributed by atoms with Crippen LogP contribution < -0.4 is 14.9 Å². The van der Waals surface area contributed by atoms with Crippen molar-refractivity contribution in [3.63, 3.8) is 0 Å². The molecule has 4 rings (SSSR count). The number of halogens is 2. The van der Waals surface area contributed by atoms with Crippen LogP contribution in [0.25, 0.3) is 5.69 Å². The topological polar surface area (TPSA) is 78.0 Å². The summed E-state index contributed by atoms with van der Waals surface area (Å²) in [5.41, 5.74) is 6.05. The first kappa shape index (κ1) is 27.5. The highest BCUT2D eigenvalue weighted by Crippen LogP contribution is 2.34. The van der Waals surface area contributed by atoms with Crippen molar-refractivity contribution in [2.24, 2.45) is 5.10 Å². The van der Waals surface area contributed by atoms with Gasteiger partial charge >= 0.3 is 5.91 Å². The van der Waals surface area contributed by atoms with E-state index in [0.717, 1.165) is 5.69 Å². The van der Waals surface area contributed by atoms with Crippen LogP contribution in [0.4, 0.5) is 0 Å². The zero-order valence-corrected chi connectivity index (χ0v) is 24.2. The van der Waals surface area contributed by atoms with Crippen molar-refractivity contribution in [1.29, 1.82) is 0 Å². The Balaban J connectivity index is 1.35. The molecule has 0 fully saturated rings. The summed E-state index contributed by atoms with van der Waals surface area (Å²) in [6.07, 6.45) is 1.48. The number of nitrogens with zero attached hydrogens (tertiary/aromatic N) is 2. The number of hydrazone groups is 1. The minimum Gasteiger partial charge on any atom is -0.486 e. The molecule has 0 bridgehead atoms. The van der Waals surface area contributed by atoms with Gasteiger partial charge in [-0.2, -0.15) is 5.10 Å². The second-order valence-electron chi connectivity index (χ2n) is 9.72. The number of carbonyl (C=O) groups excluding carboxylic acids is 1. The number of carbonyl (C=O) groups is 1. The van der Waals surface area contributed by atoms with E-state index in [-0.39, 0.29) is 12.4 Å². The molecule has 0 unspecified atom stereocenters. The fourth-order valence-corrected chi connectivity index (χ4v) is 4.72. The summed E-state index contributed by atoms with van der Waals surface area (Å²) in [5.74, 6) is 1.41. The fraction of sp³-hybridized carbons (Fsp3) is 0.241. The summed E-state index contributed by atoms with van der Waals surface area (Å²) in [7, 11) is 0. The molecule has 7 nitrogen and oxygen atoms in total. The van der Waals surface area contributed by atoms with Crippen molar-refractivity contribution in [1.82, 2.24) is 9.99 Å².